The summed E-state index contributed by atoms with van der Waals surface area (Å²) in [5.41, 5.74) is 9.08. The largest absolute Gasteiger partial charge is 0.326 e. The zero-order chi connectivity index (χ0) is 11.5. The van der Waals surface area contributed by atoms with E-state index in [1.165, 1.54) is 0 Å². The first kappa shape index (κ1) is 10.8. The predicted molar refractivity (Wildman–Crippen MR) is 64.5 cm³/mol. The molecule has 0 spiro atoms. The minimum atomic E-state index is -0.233. The Bertz CT molecular complexity index is 506. The molecule has 82 valence electrons. The van der Waals surface area contributed by atoms with Gasteiger partial charge in [-0.15, -0.1) is 0 Å². The van der Waals surface area contributed by atoms with Gasteiger partial charge in [-0.2, -0.15) is 0 Å². The van der Waals surface area contributed by atoms with Crippen LogP contribution in [0.3, 0.4) is 0 Å². The van der Waals surface area contributed by atoms with E-state index in [2.05, 4.69) is 0 Å². The molecule has 1 nitrogen and oxygen atoms in total. The molecule has 0 aliphatic rings. The van der Waals surface area contributed by atoms with Crippen molar-refractivity contribution < 1.29 is 4.39 Å². The average Bonchev–Trinajstić information content (AvgIpc) is 2.29. The van der Waals surface area contributed by atoms with Gasteiger partial charge >= 0.3 is 0 Å². The number of rotatable bonds is 2. The van der Waals surface area contributed by atoms with Crippen LogP contribution in [0.25, 0.3) is 11.1 Å². The van der Waals surface area contributed by atoms with E-state index in [0.717, 1.165) is 16.7 Å². The van der Waals surface area contributed by atoms with Crippen LogP contribution in [0.4, 0.5) is 4.39 Å². The van der Waals surface area contributed by atoms with Crippen LogP contribution in [0.15, 0.2) is 42.5 Å². The molecule has 0 atom stereocenters. The fourth-order valence-corrected chi connectivity index (χ4v) is 1.78. The molecule has 0 saturated carbocycles. The normalized spacial score (nSPS) is 10.4. The van der Waals surface area contributed by atoms with Gasteiger partial charge in [-0.05, 0) is 29.7 Å². The Morgan fingerprint density at radius 1 is 1.12 bits per heavy atom. The summed E-state index contributed by atoms with van der Waals surface area (Å²) >= 11 is 0. The van der Waals surface area contributed by atoms with E-state index in [1.807, 2.05) is 37.3 Å². The Hall–Kier alpha value is -1.67. The fourth-order valence-electron chi connectivity index (χ4n) is 1.78. The van der Waals surface area contributed by atoms with Crippen molar-refractivity contribution in [1.29, 1.82) is 0 Å². The van der Waals surface area contributed by atoms with E-state index in [9.17, 15) is 4.39 Å². The van der Waals surface area contributed by atoms with Crippen molar-refractivity contribution in [2.24, 2.45) is 5.73 Å². The first-order valence-electron chi connectivity index (χ1n) is 5.27. The Balaban J connectivity index is 2.50. The molecular weight excluding hydrogens is 201 g/mol. The van der Waals surface area contributed by atoms with Gasteiger partial charge in [0, 0.05) is 12.1 Å². The number of benzene rings is 2. The molecule has 2 aromatic rings. The van der Waals surface area contributed by atoms with Crippen molar-refractivity contribution in [2.45, 2.75) is 13.5 Å². The van der Waals surface area contributed by atoms with Gasteiger partial charge < -0.3 is 5.73 Å². The van der Waals surface area contributed by atoms with Crippen molar-refractivity contribution in [3.63, 3.8) is 0 Å². The van der Waals surface area contributed by atoms with Gasteiger partial charge in [0.1, 0.15) is 5.82 Å². The van der Waals surface area contributed by atoms with Crippen molar-refractivity contribution in [3.8, 4) is 11.1 Å². The molecule has 0 bridgehead atoms. The number of aryl methyl sites for hydroxylation is 1. The molecule has 16 heavy (non-hydrogen) atoms. The van der Waals surface area contributed by atoms with E-state index in [1.54, 1.807) is 12.1 Å². The van der Waals surface area contributed by atoms with Gasteiger partial charge in [0.05, 0.1) is 0 Å². The summed E-state index contributed by atoms with van der Waals surface area (Å²) in [6, 6.07) is 13.1. The maximum atomic E-state index is 13.6. The van der Waals surface area contributed by atoms with Crippen LogP contribution in [0.1, 0.15) is 11.1 Å². The molecule has 2 aromatic carbocycles. The molecule has 2 heteroatoms. The Kier molecular flexibility index (Phi) is 3.02. The Labute approximate surface area is 94.7 Å². The lowest BCUT2D eigenvalue weighted by Crippen LogP contribution is -1.99. The molecule has 2 N–H and O–H groups in total. The second kappa shape index (κ2) is 4.45. The molecule has 2 rings (SSSR count). The standard InChI is InChI=1S/C14H14FN/c1-10-4-2-3-5-13(10)11-6-7-12(9-16)14(15)8-11/h2-8H,9,16H2,1H3. The molecule has 0 unspecified atom stereocenters. The lowest BCUT2D eigenvalue weighted by Gasteiger charge is -2.07. The van der Waals surface area contributed by atoms with E-state index in [0.29, 0.717) is 5.56 Å². The van der Waals surface area contributed by atoms with Crippen molar-refractivity contribution in [3.05, 3.63) is 59.4 Å². The maximum absolute atomic E-state index is 13.6. The van der Waals surface area contributed by atoms with Crippen LogP contribution < -0.4 is 5.73 Å². The third kappa shape index (κ3) is 1.97. The highest BCUT2D eigenvalue weighted by Gasteiger charge is 2.05. The molecule has 0 aliphatic heterocycles. The average molecular weight is 215 g/mol. The van der Waals surface area contributed by atoms with Crippen molar-refractivity contribution in [1.82, 2.24) is 0 Å². The minimum Gasteiger partial charge on any atom is -0.326 e. The summed E-state index contributed by atoms with van der Waals surface area (Å²) in [7, 11) is 0. The molecule has 0 radical (unpaired) electrons. The molecule has 0 heterocycles. The number of hydrogen-bond acceptors (Lipinski definition) is 1. The minimum absolute atomic E-state index is 0.233. The molecular formula is C14H14FN. The van der Waals surface area contributed by atoms with Gasteiger partial charge in [-0.3, -0.25) is 0 Å². The predicted octanol–water partition coefficient (Wildman–Crippen LogP) is 3.26. The first-order valence-corrected chi connectivity index (χ1v) is 5.27. The highest BCUT2D eigenvalue weighted by molar-refractivity contribution is 5.67. The van der Waals surface area contributed by atoms with Gasteiger partial charge in [0.25, 0.3) is 0 Å². The van der Waals surface area contributed by atoms with E-state index in [-0.39, 0.29) is 12.4 Å². The third-order valence-electron chi connectivity index (χ3n) is 2.73. The van der Waals surface area contributed by atoms with E-state index >= 15 is 0 Å². The molecule has 0 saturated heterocycles. The van der Waals surface area contributed by atoms with Crippen LogP contribution in [0.2, 0.25) is 0 Å². The Morgan fingerprint density at radius 2 is 1.88 bits per heavy atom. The van der Waals surface area contributed by atoms with Crippen LogP contribution in [-0.4, -0.2) is 0 Å². The summed E-state index contributed by atoms with van der Waals surface area (Å²) in [5, 5.41) is 0. The lowest BCUT2D eigenvalue weighted by molar-refractivity contribution is 0.611. The highest BCUT2D eigenvalue weighted by atomic mass is 19.1. The zero-order valence-electron chi connectivity index (χ0n) is 9.20. The van der Waals surface area contributed by atoms with Gasteiger partial charge in [-0.1, -0.05) is 36.4 Å². The summed E-state index contributed by atoms with van der Waals surface area (Å²) in [6.45, 7) is 2.25. The van der Waals surface area contributed by atoms with Crippen LogP contribution in [-0.2, 0) is 6.54 Å². The summed E-state index contributed by atoms with van der Waals surface area (Å²) in [6.07, 6.45) is 0. The van der Waals surface area contributed by atoms with Gasteiger partial charge in [0.15, 0.2) is 0 Å². The van der Waals surface area contributed by atoms with Crippen LogP contribution in [0.5, 0.6) is 0 Å². The molecule has 0 aliphatic carbocycles. The zero-order valence-corrected chi connectivity index (χ0v) is 9.20. The smallest absolute Gasteiger partial charge is 0.128 e. The van der Waals surface area contributed by atoms with Crippen LogP contribution in [0, 0.1) is 12.7 Å². The SMILES string of the molecule is Cc1ccccc1-c1ccc(CN)c(F)c1. The summed E-state index contributed by atoms with van der Waals surface area (Å²) < 4.78 is 13.6. The van der Waals surface area contributed by atoms with Gasteiger partial charge in [0.2, 0.25) is 0 Å². The van der Waals surface area contributed by atoms with E-state index in [4.69, 9.17) is 5.73 Å². The second-order valence-electron chi connectivity index (χ2n) is 3.83. The second-order valence-corrected chi connectivity index (χ2v) is 3.83. The lowest BCUT2D eigenvalue weighted by atomic mass is 9.99. The van der Waals surface area contributed by atoms with Gasteiger partial charge in [-0.25, -0.2) is 4.39 Å². The quantitative estimate of drug-likeness (QED) is 0.817. The monoisotopic (exact) mass is 215 g/mol. The summed E-state index contributed by atoms with van der Waals surface area (Å²) in [5.74, 6) is -0.233. The van der Waals surface area contributed by atoms with Crippen molar-refractivity contribution in [2.75, 3.05) is 0 Å². The third-order valence-corrected chi connectivity index (χ3v) is 2.73. The highest BCUT2D eigenvalue weighted by Crippen LogP contribution is 2.24. The molecule has 0 aromatic heterocycles. The first-order chi connectivity index (χ1) is 7.72. The van der Waals surface area contributed by atoms with Crippen LogP contribution >= 0.6 is 0 Å². The molecule has 0 amide bonds. The number of nitrogens with two attached hydrogens (primary N) is 1. The van der Waals surface area contributed by atoms with Crippen molar-refractivity contribution >= 4 is 0 Å². The number of halogens is 1. The number of hydrogen-bond donors (Lipinski definition) is 1. The topological polar surface area (TPSA) is 26.0 Å². The summed E-state index contributed by atoms with van der Waals surface area (Å²) in [4.78, 5) is 0. The fraction of sp³-hybridized carbons (Fsp3) is 0.143. The van der Waals surface area contributed by atoms with E-state index < -0.39 is 0 Å². The molecule has 0 fully saturated rings. The maximum Gasteiger partial charge on any atom is 0.128 e. The Morgan fingerprint density at radius 3 is 2.50 bits per heavy atom.